The third-order valence-corrected chi connectivity index (χ3v) is 4.76. The first kappa shape index (κ1) is 17.6. The average Bonchev–Trinajstić information content (AvgIpc) is 2.65. The van der Waals surface area contributed by atoms with Crippen LogP contribution in [-0.4, -0.2) is 48.4 Å². The highest BCUT2D eigenvalue weighted by Crippen LogP contribution is 2.12. The number of carbonyl (C=O) groups is 1. The second kappa shape index (κ2) is 8.79. The van der Waals surface area contributed by atoms with Gasteiger partial charge in [-0.1, -0.05) is 60.7 Å². The average molecular weight is 337 g/mol. The van der Waals surface area contributed by atoms with Gasteiger partial charge in [0.05, 0.1) is 12.6 Å². The second-order valence-corrected chi connectivity index (χ2v) is 6.74. The summed E-state index contributed by atoms with van der Waals surface area (Å²) in [5.41, 5.74) is 2.49. The van der Waals surface area contributed by atoms with Crippen molar-refractivity contribution in [3.05, 3.63) is 71.8 Å². The fourth-order valence-corrected chi connectivity index (χ4v) is 3.26. The molecule has 0 aromatic heterocycles. The van der Waals surface area contributed by atoms with E-state index in [0.717, 1.165) is 38.3 Å². The first-order valence-corrected chi connectivity index (χ1v) is 9.03. The third kappa shape index (κ3) is 5.41. The van der Waals surface area contributed by atoms with Crippen molar-refractivity contribution in [3.63, 3.8) is 0 Å². The summed E-state index contributed by atoms with van der Waals surface area (Å²) in [7, 11) is 0. The van der Waals surface area contributed by atoms with Gasteiger partial charge in [0.15, 0.2) is 0 Å². The van der Waals surface area contributed by atoms with Gasteiger partial charge in [0, 0.05) is 32.7 Å². The minimum absolute atomic E-state index is 0.0491. The van der Waals surface area contributed by atoms with Crippen LogP contribution in [0.25, 0.3) is 0 Å². The Kier molecular flexibility index (Phi) is 6.20. The van der Waals surface area contributed by atoms with E-state index in [1.807, 2.05) is 37.3 Å². The lowest BCUT2D eigenvalue weighted by Gasteiger charge is -2.34. The van der Waals surface area contributed by atoms with Crippen LogP contribution in [0.15, 0.2) is 60.7 Å². The summed E-state index contributed by atoms with van der Waals surface area (Å²) in [6, 6.07) is 20.7. The van der Waals surface area contributed by atoms with Crippen LogP contribution in [0.5, 0.6) is 0 Å². The molecule has 132 valence electrons. The van der Waals surface area contributed by atoms with Crippen molar-refractivity contribution in [3.8, 4) is 0 Å². The molecule has 3 rings (SSSR count). The van der Waals surface area contributed by atoms with E-state index >= 15 is 0 Å². The summed E-state index contributed by atoms with van der Waals surface area (Å²) in [4.78, 5) is 17.0. The van der Waals surface area contributed by atoms with Crippen molar-refractivity contribution in [2.45, 2.75) is 19.5 Å². The van der Waals surface area contributed by atoms with Gasteiger partial charge < -0.3 is 5.32 Å². The number of hydrogen-bond acceptors (Lipinski definition) is 3. The molecular formula is C21H27N3O. The zero-order valence-electron chi connectivity index (χ0n) is 14.9. The highest BCUT2D eigenvalue weighted by Gasteiger charge is 2.19. The molecule has 1 aliphatic rings. The Balaban J connectivity index is 1.40. The number of piperazine rings is 1. The fraction of sp³-hybridized carbons (Fsp3) is 0.381. The number of hydrogen-bond donors (Lipinski definition) is 1. The van der Waals surface area contributed by atoms with Crippen LogP contribution in [-0.2, 0) is 11.3 Å². The van der Waals surface area contributed by atoms with Crippen molar-refractivity contribution >= 4 is 5.91 Å². The molecule has 2 aromatic carbocycles. The van der Waals surface area contributed by atoms with Crippen molar-refractivity contribution < 1.29 is 4.79 Å². The molecule has 1 fully saturated rings. The molecule has 4 nitrogen and oxygen atoms in total. The minimum Gasteiger partial charge on any atom is -0.348 e. The monoisotopic (exact) mass is 337 g/mol. The standard InChI is InChI=1S/C21H27N3O/c1-18(20-10-6-3-7-11-20)22-21(25)17-24-14-12-23(13-15-24)16-19-8-4-2-5-9-19/h2-11,18H,12-17H2,1H3,(H,22,25)/t18-/m1/s1. The van der Waals surface area contributed by atoms with E-state index in [4.69, 9.17) is 0 Å². The molecular weight excluding hydrogens is 310 g/mol. The van der Waals surface area contributed by atoms with E-state index in [1.165, 1.54) is 5.56 Å². The summed E-state index contributed by atoms with van der Waals surface area (Å²) >= 11 is 0. The van der Waals surface area contributed by atoms with Crippen molar-refractivity contribution in [1.29, 1.82) is 0 Å². The Labute approximate surface area is 150 Å². The van der Waals surface area contributed by atoms with Gasteiger partial charge in [0.2, 0.25) is 5.91 Å². The van der Waals surface area contributed by atoms with Gasteiger partial charge in [0.1, 0.15) is 0 Å². The molecule has 1 heterocycles. The molecule has 1 saturated heterocycles. The number of amides is 1. The van der Waals surface area contributed by atoms with Crippen molar-refractivity contribution in [1.82, 2.24) is 15.1 Å². The van der Waals surface area contributed by atoms with Gasteiger partial charge in [-0.2, -0.15) is 0 Å². The highest BCUT2D eigenvalue weighted by molar-refractivity contribution is 5.78. The lowest BCUT2D eigenvalue weighted by atomic mass is 10.1. The smallest absolute Gasteiger partial charge is 0.234 e. The maximum Gasteiger partial charge on any atom is 0.234 e. The van der Waals surface area contributed by atoms with Crippen LogP contribution in [0, 0.1) is 0 Å². The lowest BCUT2D eigenvalue weighted by Crippen LogP contribution is -2.49. The zero-order valence-corrected chi connectivity index (χ0v) is 14.9. The summed E-state index contributed by atoms with van der Waals surface area (Å²) in [6.45, 7) is 7.42. The van der Waals surface area contributed by atoms with E-state index < -0.39 is 0 Å². The molecule has 1 aliphatic heterocycles. The molecule has 0 unspecified atom stereocenters. The van der Waals surface area contributed by atoms with E-state index in [-0.39, 0.29) is 11.9 Å². The Morgan fingerprint density at radius 2 is 1.48 bits per heavy atom. The SMILES string of the molecule is C[C@@H](NC(=O)CN1CCN(Cc2ccccc2)CC1)c1ccccc1. The fourth-order valence-electron chi connectivity index (χ4n) is 3.26. The van der Waals surface area contributed by atoms with Crippen LogP contribution < -0.4 is 5.32 Å². The maximum atomic E-state index is 12.3. The van der Waals surface area contributed by atoms with Crippen LogP contribution in [0.2, 0.25) is 0 Å². The predicted octanol–water partition coefficient (Wildman–Crippen LogP) is 2.68. The Hall–Kier alpha value is -2.17. The lowest BCUT2D eigenvalue weighted by molar-refractivity contribution is -0.123. The number of rotatable bonds is 6. The maximum absolute atomic E-state index is 12.3. The molecule has 0 saturated carbocycles. The van der Waals surface area contributed by atoms with Crippen LogP contribution in [0.4, 0.5) is 0 Å². The van der Waals surface area contributed by atoms with E-state index in [0.29, 0.717) is 6.54 Å². The van der Waals surface area contributed by atoms with Gasteiger partial charge in [-0.05, 0) is 18.1 Å². The van der Waals surface area contributed by atoms with E-state index in [9.17, 15) is 4.79 Å². The zero-order chi connectivity index (χ0) is 17.5. The first-order valence-electron chi connectivity index (χ1n) is 9.03. The molecule has 2 aromatic rings. The van der Waals surface area contributed by atoms with Crippen molar-refractivity contribution in [2.24, 2.45) is 0 Å². The normalized spacial score (nSPS) is 17.2. The quantitative estimate of drug-likeness (QED) is 0.880. The topological polar surface area (TPSA) is 35.6 Å². The first-order chi connectivity index (χ1) is 12.2. The molecule has 1 N–H and O–H groups in total. The Bertz CT molecular complexity index is 651. The van der Waals surface area contributed by atoms with Crippen molar-refractivity contribution in [2.75, 3.05) is 32.7 Å². The minimum atomic E-state index is 0.0491. The Morgan fingerprint density at radius 1 is 0.920 bits per heavy atom. The highest BCUT2D eigenvalue weighted by atomic mass is 16.2. The summed E-state index contributed by atoms with van der Waals surface area (Å²) < 4.78 is 0. The number of nitrogens with zero attached hydrogens (tertiary/aromatic N) is 2. The number of nitrogens with one attached hydrogen (secondary N) is 1. The van der Waals surface area contributed by atoms with Crippen LogP contribution >= 0.6 is 0 Å². The van der Waals surface area contributed by atoms with E-state index in [2.05, 4.69) is 45.4 Å². The second-order valence-electron chi connectivity index (χ2n) is 6.74. The van der Waals surface area contributed by atoms with Gasteiger partial charge in [-0.15, -0.1) is 0 Å². The Morgan fingerprint density at radius 3 is 2.12 bits per heavy atom. The molecule has 1 atom stereocenters. The number of carbonyl (C=O) groups excluding carboxylic acids is 1. The van der Waals surface area contributed by atoms with E-state index in [1.54, 1.807) is 0 Å². The van der Waals surface area contributed by atoms with Gasteiger partial charge in [0.25, 0.3) is 0 Å². The molecule has 0 radical (unpaired) electrons. The molecule has 0 bridgehead atoms. The molecule has 0 aliphatic carbocycles. The molecule has 1 amide bonds. The largest absolute Gasteiger partial charge is 0.348 e. The van der Waals surface area contributed by atoms with Crippen LogP contribution in [0.1, 0.15) is 24.1 Å². The summed E-state index contributed by atoms with van der Waals surface area (Å²) in [5, 5.41) is 3.10. The van der Waals surface area contributed by atoms with Crippen LogP contribution in [0.3, 0.4) is 0 Å². The molecule has 0 spiro atoms. The third-order valence-electron chi connectivity index (χ3n) is 4.76. The van der Waals surface area contributed by atoms with Gasteiger partial charge >= 0.3 is 0 Å². The number of benzene rings is 2. The van der Waals surface area contributed by atoms with Gasteiger partial charge in [-0.25, -0.2) is 0 Å². The predicted molar refractivity (Wildman–Crippen MR) is 101 cm³/mol. The summed E-state index contributed by atoms with van der Waals surface area (Å²) in [5.74, 6) is 0.105. The summed E-state index contributed by atoms with van der Waals surface area (Å²) in [6.07, 6.45) is 0. The van der Waals surface area contributed by atoms with Gasteiger partial charge in [-0.3, -0.25) is 14.6 Å². The molecule has 4 heteroatoms. The molecule has 25 heavy (non-hydrogen) atoms.